The number of amides is 2. The molecule has 6 heteroatoms. The number of hydrogen-bond acceptors (Lipinski definition) is 3. The van der Waals surface area contributed by atoms with Crippen LogP contribution in [0.4, 0.5) is 5.69 Å². The van der Waals surface area contributed by atoms with E-state index in [1.54, 1.807) is 18.2 Å². The Morgan fingerprint density at radius 2 is 2.05 bits per heavy atom. The first-order valence-corrected chi connectivity index (χ1v) is 6.73. The molecule has 0 unspecified atom stereocenters. The van der Waals surface area contributed by atoms with Crippen LogP contribution in [0.3, 0.4) is 0 Å². The van der Waals surface area contributed by atoms with Crippen LogP contribution in [-0.2, 0) is 9.59 Å². The Balaban J connectivity index is 2.15. The van der Waals surface area contributed by atoms with Gasteiger partial charge in [0, 0.05) is 19.0 Å². The highest BCUT2D eigenvalue weighted by molar-refractivity contribution is 6.55. The van der Waals surface area contributed by atoms with Crippen molar-refractivity contribution in [2.24, 2.45) is 0 Å². The van der Waals surface area contributed by atoms with Gasteiger partial charge >= 0.3 is 0 Å². The molecule has 106 valence electrons. The normalized spacial score (nSPS) is 13.9. The molecule has 1 aliphatic heterocycles. The molecular formula is C14H15ClN2O3. The zero-order valence-corrected chi connectivity index (χ0v) is 12.0. The third-order valence-electron chi connectivity index (χ3n) is 2.96. The fraction of sp³-hybridized carbons (Fsp3) is 0.357. The number of ketones is 1. The van der Waals surface area contributed by atoms with E-state index in [1.165, 1.54) is 4.90 Å². The fourth-order valence-corrected chi connectivity index (χ4v) is 2.39. The number of benzene rings is 1. The molecule has 0 bridgehead atoms. The van der Waals surface area contributed by atoms with Gasteiger partial charge in [-0.25, -0.2) is 0 Å². The summed E-state index contributed by atoms with van der Waals surface area (Å²) in [6, 6.07) is 4.94. The fourth-order valence-electron chi connectivity index (χ4n) is 2.13. The Morgan fingerprint density at radius 1 is 1.35 bits per heavy atom. The van der Waals surface area contributed by atoms with Crippen LogP contribution in [0, 0.1) is 0 Å². The second kappa shape index (κ2) is 5.63. The van der Waals surface area contributed by atoms with Crippen LogP contribution < -0.4 is 10.2 Å². The average molecular weight is 295 g/mol. The van der Waals surface area contributed by atoms with Crippen molar-refractivity contribution in [3.63, 3.8) is 0 Å². The molecule has 0 aliphatic carbocycles. The van der Waals surface area contributed by atoms with Gasteiger partial charge in [0.05, 0.1) is 16.3 Å². The van der Waals surface area contributed by atoms with Crippen LogP contribution in [0.15, 0.2) is 18.2 Å². The highest BCUT2D eigenvalue weighted by Gasteiger charge is 2.37. The van der Waals surface area contributed by atoms with Crippen LogP contribution in [-0.4, -0.2) is 30.2 Å². The molecule has 1 N–H and O–H groups in total. The number of hydrogen-bond donors (Lipinski definition) is 1. The van der Waals surface area contributed by atoms with Crippen molar-refractivity contribution in [1.29, 1.82) is 0 Å². The maximum Gasteiger partial charge on any atom is 0.299 e. The van der Waals surface area contributed by atoms with E-state index in [0.717, 1.165) is 0 Å². The van der Waals surface area contributed by atoms with E-state index in [0.29, 0.717) is 5.69 Å². The molecule has 0 atom stereocenters. The van der Waals surface area contributed by atoms with E-state index < -0.39 is 11.7 Å². The van der Waals surface area contributed by atoms with Crippen molar-refractivity contribution in [2.45, 2.75) is 26.3 Å². The molecule has 0 aromatic heterocycles. The van der Waals surface area contributed by atoms with E-state index in [-0.39, 0.29) is 35.5 Å². The molecule has 1 heterocycles. The largest absolute Gasteiger partial charge is 0.354 e. The Kier molecular flexibility index (Phi) is 4.09. The standard InChI is InChI=1S/C14H15ClN2O3/c1-8(2)16-11(18)6-7-17-10-5-3-4-9(15)12(10)13(19)14(17)20/h3-5,8H,6-7H2,1-2H3,(H,16,18). The molecule has 20 heavy (non-hydrogen) atoms. The third kappa shape index (κ3) is 2.67. The summed E-state index contributed by atoms with van der Waals surface area (Å²) in [6.45, 7) is 3.88. The smallest absolute Gasteiger partial charge is 0.299 e. The minimum absolute atomic E-state index is 0.0418. The van der Waals surface area contributed by atoms with E-state index in [4.69, 9.17) is 11.6 Å². The second-order valence-corrected chi connectivity index (χ2v) is 5.30. The lowest BCUT2D eigenvalue weighted by molar-refractivity contribution is -0.121. The molecule has 1 aromatic carbocycles. The number of rotatable bonds is 4. The first kappa shape index (κ1) is 14.5. The van der Waals surface area contributed by atoms with Gasteiger partial charge in [-0.1, -0.05) is 17.7 Å². The maximum atomic E-state index is 11.9. The number of Topliss-reactive ketones (excluding diaryl/α,β-unsaturated/α-hetero) is 1. The molecule has 0 radical (unpaired) electrons. The van der Waals surface area contributed by atoms with Crippen molar-refractivity contribution in [3.8, 4) is 0 Å². The summed E-state index contributed by atoms with van der Waals surface area (Å²) in [5.74, 6) is -1.41. The van der Waals surface area contributed by atoms with Crippen molar-refractivity contribution >= 4 is 34.9 Å². The van der Waals surface area contributed by atoms with Gasteiger partial charge in [0.25, 0.3) is 11.7 Å². The molecule has 5 nitrogen and oxygen atoms in total. The summed E-state index contributed by atoms with van der Waals surface area (Å²) < 4.78 is 0. The molecule has 0 fully saturated rings. The van der Waals surface area contributed by atoms with Crippen molar-refractivity contribution in [3.05, 3.63) is 28.8 Å². The van der Waals surface area contributed by atoms with Gasteiger partial charge in [-0.15, -0.1) is 0 Å². The lowest BCUT2D eigenvalue weighted by Crippen LogP contribution is -2.36. The summed E-state index contributed by atoms with van der Waals surface area (Å²) in [6.07, 6.45) is 0.142. The van der Waals surface area contributed by atoms with E-state index >= 15 is 0 Å². The molecule has 0 saturated carbocycles. The number of halogens is 1. The first-order chi connectivity index (χ1) is 9.41. The van der Waals surface area contributed by atoms with Gasteiger partial charge < -0.3 is 10.2 Å². The van der Waals surface area contributed by atoms with E-state index in [2.05, 4.69) is 5.32 Å². The first-order valence-electron chi connectivity index (χ1n) is 6.36. The molecule has 0 saturated heterocycles. The number of nitrogens with one attached hydrogen (secondary N) is 1. The predicted octanol–water partition coefficient (Wildman–Crippen LogP) is 1.78. The van der Waals surface area contributed by atoms with Gasteiger partial charge in [0.15, 0.2) is 0 Å². The van der Waals surface area contributed by atoms with Crippen LogP contribution in [0.25, 0.3) is 0 Å². The minimum atomic E-state index is -0.634. The van der Waals surface area contributed by atoms with Gasteiger partial charge in [0.2, 0.25) is 5.91 Å². The molecule has 1 aliphatic rings. The van der Waals surface area contributed by atoms with E-state index in [1.807, 2.05) is 13.8 Å². The number of anilines is 1. The van der Waals surface area contributed by atoms with Crippen LogP contribution >= 0.6 is 11.6 Å². The molecule has 2 amide bonds. The summed E-state index contributed by atoms with van der Waals surface area (Å²) in [4.78, 5) is 36.7. The van der Waals surface area contributed by atoms with E-state index in [9.17, 15) is 14.4 Å². The van der Waals surface area contributed by atoms with Crippen molar-refractivity contribution < 1.29 is 14.4 Å². The lowest BCUT2D eigenvalue weighted by Gasteiger charge is -2.16. The van der Waals surface area contributed by atoms with Gasteiger partial charge in [0.1, 0.15) is 0 Å². The summed E-state index contributed by atoms with van der Waals surface area (Å²) in [5, 5.41) is 3.00. The van der Waals surface area contributed by atoms with Crippen LogP contribution in [0.2, 0.25) is 5.02 Å². The van der Waals surface area contributed by atoms with Gasteiger partial charge in [-0.2, -0.15) is 0 Å². The molecule has 1 aromatic rings. The predicted molar refractivity (Wildman–Crippen MR) is 76.0 cm³/mol. The maximum absolute atomic E-state index is 11.9. The third-order valence-corrected chi connectivity index (χ3v) is 3.28. The number of fused-ring (bicyclic) bond motifs is 1. The Morgan fingerprint density at radius 3 is 2.70 bits per heavy atom. The number of carbonyl (C=O) groups excluding carboxylic acids is 3. The second-order valence-electron chi connectivity index (χ2n) is 4.89. The van der Waals surface area contributed by atoms with Crippen LogP contribution in [0.5, 0.6) is 0 Å². The highest BCUT2D eigenvalue weighted by Crippen LogP contribution is 2.33. The molecule has 2 rings (SSSR count). The minimum Gasteiger partial charge on any atom is -0.354 e. The topological polar surface area (TPSA) is 66.5 Å². The number of nitrogens with zero attached hydrogens (tertiary/aromatic N) is 1. The average Bonchev–Trinajstić information content (AvgIpc) is 2.60. The summed E-state index contributed by atoms with van der Waals surface area (Å²) in [7, 11) is 0. The monoisotopic (exact) mass is 294 g/mol. The van der Waals surface area contributed by atoms with Gasteiger partial charge in [-0.3, -0.25) is 14.4 Å². The van der Waals surface area contributed by atoms with Crippen molar-refractivity contribution in [2.75, 3.05) is 11.4 Å². The Hall–Kier alpha value is -1.88. The Labute approximate surface area is 121 Å². The quantitative estimate of drug-likeness (QED) is 0.861. The molecule has 0 spiro atoms. The molecular weight excluding hydrogens is 280 g/mol. The number of carbonyl (C=O) groups is 3. The summed E-state index contributed by atoms with van der Waals surface area (Å²) in [5.41, 5.74) is 0.702. The van der Waals surface area contributed by atoms with Crippen molar-refractivity contribution in [1.82, 2.24) is 5.32 Å². The Bertz CT molecular complexity index is 584. The van der Waals surface area contributed by atoms with Gasteiger partial charge in [-0.05, 0) is 26.0 Å². The highest BCUT2D eigenvalue weighted by atomic mass is 35.5. The SMILES string of the molecule is CC(C)NC(=O)CCN1C(=O)C(=O)c2c(Cl)cccc21. The lowest BCUT2D eigenvalue weighted by atomic mass is 10.1. The zero-order chi connectivity index (χ0) is 14.9. The van der Waals surface area contributed by atoms with Crippen LogP contribution in [0.1, 0.15) is 30.6 Å². The zero-order valence-electron chi connectivity index (χ0n) is 11.3. The summed E-state index contributed by atoms with van der Waals surface area (Å²) >= 11 is 5.95.